The van der Waals surface area contributed by atoms with E-state index >= 15 is 0 Å². The first-order valence-electron chi connectivity index (χ1n) is 2.55. The minimum absolute atomic E-state index is 0.0530. The van der Waals surface area contributed by atoms with Crippen molar-refractivity contribution in [1.82, 2.24) is 0 Å². The van der Waals surface area contributed by atoms with Crippen molar-refractivity contribution in [2.24, 2.45) is 0 Å². The van der Waals surface area contributed by atoms with Crippen LogP contribution >= 0.6 is 0 Å². The Morgan fingerprint density at radius 3 is 2.11 bits per heavy atom. The van der Waals surface area contributed by atoms with Gasteiger partial charge in [0.05, 0.1) is 6.10 Å². The Morgan fingerprint density at radius 1 is 1.56 bits per heavy atom. The van der Waals surface area contributed by atoms with Gasteiger partial charge in [-0.05, 0) is 6.92 Å². The highest BCUT2D eigenvalue weighted by Gasteiger charge is 2.21. The smallest absolute Gasteiger partial charge is 0.158 e. The molecule has 0 spiro atoms. The second kappa shape index (κ2) is 3.53. The first kappa shape index (κ1) is 8.52. The molecule has 0 bridgehead atoms. The zero-order chi connectivity index (χ0) is 7.44. The summed E-state index contributed by atoms with van der Waals surface area (Å²) < 4.78 is 12.2. The molecule has 0 saturated carbocycles. The second-order valence-corrected chi connectivity index (χ2v) is 1.81. The molecule has 0 aromatic heterocycles. The highest BCUT2D eigenvalue weighted by Crippen LogP contribution is 2.01. The maximum absolute atomic E-state index is 12.2. The van der Waals surface area contributed by atoms with Crippen molar-refractivity contribution in [3.63, 3.8) is 0 Å². The van der Waals surface area contributed by atoms with Crippen molar-refractivity contribution in [3.8, 4) is 0 Å². The van der Waals surface area contributed by atoms with Gasteiger partial charge in [0.1, 0.15) is 6.10 Å². The number of halogens is 1. The standard InChI is InChI=1S/C5H9FO3/c1-3(8)5(6)4(9)2-7/h2-5,8-9H,1H3. The molecule has 3 unspecified atom stereocenters. The number of hydrogen-bond donors (Lipinski definition) is 2. The van der Waals surface area contributed by atoms with Crippen molar-refractivity contribution in [3.05, 3.63) is 0 Å². The second-order valence-electron chi connectivity index (χ2n) is 1.81. The average Bonchev–Trinajstić information content (AvgIpc) is 1.84. The lowest BCUT2D eigenvalue weighted by Gasteiger charge is -2.11. The van der Waals surface area contributed by atoms with Gasteiger partial charge in [-0.15, -0.1) is 0 Å². The number of carbonyl (C=O) groups excluding carboxylic acids is 1. The number of hydrogen-bond acceptors (Lipinski definition) is 3. The Balaban J connectivity index is 3.71. The van der Waals surface area contributed by atoms with Gasteiger partial charge < -0.3 is 15.0 Å². The average molecular weight is 136 g/mol. The fraction of sp³-hybridized carbons (Fsp3) is 0.800. The number of aliphatic hydroxyl groups excluding tert-OH is 2. The third-order valence-electron chi connectivity index (χ3n) is 0.927. The van der Waals surface area contributed by atoms with Crippen LogP contribution in [0.3, 0.4) is 0 Å². The van der Waals surface area contributed by atoms with Gasteiger partial charge in [0.25, 0.3) is 0 Å². The highest BCUT2D eigenvalue weighted by molar-refractivity contribution is 5.56. The zero-order valence-electron chi connectivity index (χ0n) is 4.99. The van der Waals surface area contributed by atoms with E-state index in [1.807, 2.05) is 0 Å². The van der Waals surface area contributed by atoms with E-state index in [1.54, 1.807) is 0 Å². The van der Waals surface area contributed by atoms with Crippen molar-refractivity contribution in [2.45, 2.75) is 25.3 Å². The van der Waals surface area contributed by atoms with Gasteiger partial charge in [-0.1, -0.05) is 0 Å². The number of carbonyl (C=O) groups is 1. The van der Waals surface area contributed by atoms with Crippen LogP contribution < -0.4 is 0 Å². The van der Waals surface area contributed by atoms with Crippen LogP contribution in [0.25, 0.3) is 0 Å². The van der Waals surface area contributed by atoms with E-state index in [1.165, 1.54) is 0 Å². The van der Waals surface area contributed by atoms with Crippen LogP contribution in [0, 0.1) is 0 Å². The van der Waals surface area contributed by atoms with Crippen LogP contribution in [-0.4, -0.2) is 34.9 Å². The maximum atomic E-state index is 12.2. The van der Waals surface area contributed by atoms with Gasteiger partial charge in [0.2, 0.25) is 0 Å². The predicted octanol–water partition coefficient (Wildman–Crippen LogP) is -0.735. The van der Waals surface area contributed by atoms with Crippen LogP contribution in [-0.2, 0) is 4.79 Å². The zero-order valence-corrected chi connectivity index (χ0v) is 4.99. The molecule has 0 aromatic carbocycles. The van der Waals surface area contributed by atoms with Crippen LogP contribution in [0.2, 0.25) is 0 Å². The highest BCUT2D eigenvalue weighted by atomic mass is 19.1. The van der Waals surface area contributed by atoms with E-state index < -0.39 is 18.4 Å². The normalized spacial score (nSPS) is 20.4. The third-order valence-corrected chi connectivity index (χ3v) is 0.927. The molecule has 0 rings (SSSR count). The van der Waals surface area contributed by atoms with Crippen molar-refractivity contribution >= 4 is 6.29 Å². The van der Waals surface area contributed by atoms with E-state index in [0.717, 1.165) is 6.92 Å². The number of aliphatic hydroxyl groups is 2. The van der Waals surface area contributed by atoms with Gasteiger partial charge in [-0.2, -0.15) is 0 Å². The fourth-order valence-corrected chi connectivity index (χ4v) is 0.360. The molecular weight excluding hydrogens is 127 g/mol. The molecule has 0 radical (unpaired) electrons. The number of alkyl halides is 1. The molecule has 0 heterocycles. The Morgan fingerprint density at radius 2 is 2.00 bits per heavy atom. The van der Waals surface area contributed by atoms with Gasteiger partial charge in [0, 0.05) is 0 Å². The number of rotatable bonds is 3. The molecule has 0 aliphatic rings. The fourth-order valence-electron chi connectivity index (χ4n) is 0.360. The lowest BCUT2D eigenvalue weighted by molar-refractivity contribution is -0.120. The quantitative estimate of drug-likeness (QED) is 0.502. The van der Waals surface area contributed by atoms with Crippen molar-refractivity contribution in [2.75, 3.05) is 0 Å². The Hall–Kier alpha value is -0.480. The first-order valence-corrected chi connectivity index (χ1v) is 2.55. The monoisotopic (exact) mass is 136 g/mol. The summed E-state index contributed by atoms with van der Waals surface area (Å²) in [4.78, 5) is 9.65. The summed E-state index contributed by atoms with van der Waals surface area (Å²) in [6.45, 7) is 1.16. The molecule has 4 heteroatoms. The van der Waals surface area contributed by atoms with Crippen LogP contribution in [0.5, 0.6) is 0 Å². The minimum atomic E-state index is -1.87. The van der Waals surface area contributed by atoms with Gasteiger partial charge >= 0.3 is 0 Å². The molecule has 0 aliphatic heterocycles. The van der Waals surface area contributed by atoms with E-state index in [4.69, 9.17) is 10.2 Å². The molecule has 3 atom stereocenters. The van der Waals surface area contributed by atoms with E-state index in [2.05, 4.69) is 0 Å². The molecule has 0 aromatic rings. The minimum Gasteiger partial charge on any atom is -0.390 e. The third kappa shape index (κ3) is 2.53. The van der Waals surface area contributed by atoms with Crippen molar-refractivity contribution in [1.29, 1.82) is 0 Å². The Bertz CT molecular complexity index is 94.2. The summed E-state index contributed by atoms with van der Waals surface area (Å²) >= 11 is 0. The van der Waals surface area contributed by atoms with Crippen LogP contribution in [0.4, 0.5) is 4.39 Å². The molecule has 2 N–H and O–H groups in total. The molecule has 0 aliphatic carbocycles. The van der Waals surface area contributed by atoms with Crippen LogP contribution in [0.15, 0.2) is 0 Å². The van der Waals surface area contributed by atoms with Gasteiger partial charge in [-0.25, -0.2) is 4.39 Å². The lowest BCUT2D eigenvalue weighted by Crippen LogP contribution is -2.32. The van der Waals surface area contributed by atoms with Crippen LogP contribution in [0.1, 0.15) is 6.92 Å². The topological polar surface area (TPSA) is 57.5 Å². The van der Waals surface area contributed by atoms with Gasteiger partial charge in [-0.3, -0.25) is 0 Å². The Labute approximate surface area is 52.1 Å². The molecule has 3 nitrogen and oxygen atoms in total. The maximum Gasteiger partial charge on any atom is 0.158 e. The van der Waals surface area contributed by atoms with Crippen molar-refractivity contribution < 1.29 is 19.4 Å². The summed E-state index contributed by atoms with van der Waals surface area (Å²) in [5.41, 5.74) is 0. The number of aldehydes is 1. The summed E-state index contributed by atoms with van der Waals surface area (Å²) in [7, 11) is 0. The molecule has 0 fully saturated rings. The van der Waals surface area contributed by atoms with E-state index in [-0.39, 0.29) is 6.29 Å². The Kier molecular flexibility index (Phi) is 3.34. The summed E-state index contributed by atoms with van der Waals surface area (Å²) in [6.07, 6.45) is -4.82. The SMILES string of the molecule is CC(O)C(F)C(O)C=O. The summed E-state index contributed by atoms with van der Waals surface area (Å²) in [5.74, 6) is 0. The molecule has 0 amide bonds. The summed E-state index contributed by atoms with van der Waals surface area (Å²) in [5, 5.41) is 16.8. The lowest BCUT2D eigenvalue weighted by atomic mass is 10.1. The van der Waals surface area contributed by atoms with E-state index in [0.29, 0.717) is 0 Å². The molecule has 54 valence electrons. The van der Waals surface area contributed by atoms with Gasteiger partial charge in [0.15, 0.2) is 12.5 Å². The summed E-state index contributed by atoms with van der Waals surface area (Å²) in [6, 6.07) is 0. The molecule has 9 heavy (non-hydrogen) atoms. The van der Waals surface area contributed by atoms with E-state index in [9.17, 15) is 9.18 Å². The molecular formula is C5H9FO3. The molecule has 0 saturated heterocycles. The predicted molar refractivity (Wildman–Crippen MR) is 28.6 cm³/mol. The first-order chi connectivity index (χ1) is 4.09. The largest absolute Gasteiger partial charge is 0.390 e.